The zero-order valence-electron chi connectivity index (χ0n) is 9.82. The third-order valence-corrected chi connectivity index (χ3v) is 4.50. The second-order valence-corrected chi connectivity index (χ2v) is 5.96. The fourth-order valence-corrected chi connectivity index (χ4v) is 3.29. The van der Waals surface area contributed by atoms with Crippen LogP contribution in [0.1, 0.15) is 40.8 Å². The van der Waals surface area contributed by atoms with Gasteiger partial charge in [0.15, 0.2) is 0 Å². The monoisotopic (exact) mass is 296 g/mol. The molecule has 0 aromatic heterocycles. The Morgan fingerprint density at radius 2 is 2.18 bits per heavy atom. The number of rotatable bonds is 3. The smallest absolute Gasteiger partial charge is 0.0725 e. The van der Waals surface area contributed by atoms with E-state index in [1.54, 1.807) is 0 Å². The van der Waals surface area contributed by atoms with E-state index in [4.69, 9.17) is 9.47 Å². The van der Waals surface area contributed by atoms with Crippen LogP contribution < -0.4 is 0 Å². The molecule has 0 saturated carbocycles. The van der Waals surface area contributed by atoms with Gasteiger partial charge in [-0.2, -0.15) is 0 Å². The maximum atomic E-state index is 5.68. The SMILES string of the molecule is BrC(CC1CCCO1)c1ccc2c(c1)COC2. The molecule has 1 fully saturated rings. The molecule has 2 nitrogen and oxygen atoms in total. The van der Waals surface area contributed by atoms with Crippen LogP contribution in [0.5, 0.6) is 0 Å². The molecule has 17 heavy (non-hydrogen) atoms. The first-order valence-corrected chi connectivity index (χ1v) is 7.19. The summed E-state index contributed by atoms with van der Waals surface area (Å²) in [6, 6.07) is 6.68. The minimum absolute atomic E-state index is 0.400. The van der Waals surface area contributed by atoms with Crippen molar-refractivity contribution in [1.82, 2.24) is 0 Å². The average Bonchev–Trinajstić information content (AvgIpc) is 2.97. The highest BCUT2D eigenvalue weighted by Crippen LogP contribution is 2.33. The molecule has 3 rings (SSSR count). The second kappa shape index (κ2) is 5.09. The van der Waals surface area contributed by atoms with Crippen LogP contribution in [0.3, 0.4) is 0 Å². The number of hydrogen-bond acceptors (Lipinski definition) is 2. The molecule has 0 bridgehead atoms. The van der Waals surface area contributed by atoms with E-state index in [2.05, 4.69) is 34.1 Å². The second-order valence-electron chi connectivity index (χ2n) is 4.86. The molecule has 0 radical (unpaired) electrons. The van der Waals surface area contributed by atoms with Crippen molar-refractivity contribution in [2.75, 3.05) is 6.61 Å². The molecule has 92 valence electrons. The van der Waals surface area contributed by atoms with Gasteiger partial charge in [0.25, 0.3) is 0 Å². The highest BCUT2D eigenvalue weighted by Gasteiger charge is 2.21. The highest BCUT2D eigenvalue weighted by atomic mass is 79.9. The maximum absolute atomic E-state index is 5.68. The Morgan fingerprint density at radius 3 is 3.00 bits per heavy atom. The molecule has 3 heteroatoms. The molecule has 2 unspecified atom stereocenters. The van der Waals surface area contributed by atoms with Gasteiger partial charge in [0.2, 0.25) is 0 Å². The van der Waals surface area contributed by atoms with Crippen molar-refractivity contribution in [3.05, 3.63) is 34.9 Å². The Labute approximate surface area is 110 Å². The van der Waals surface area contributed by atoms with Crippen LogP contribution in [-0.4, -0.2) is 12.7 Å². The van der Waals surface area contributed by atoms with E-state index < -0.39 is 0 Å². The summed E-state index contributed by atoms with van der Waals surface area (Å²) < 4.78 is 11.1. The number of benzene rings is 1. The Bertz CT molecular complexity index is 399. The molecule has 1 saturated heterocycles. The van der Waals surface area contributed by atoms with Crippen molar-refractivity contribution < 1.29 is 9.47 Å². The van der Waals surface area contributed by atoms with Crippen LogP contribution in [0.15, 0.2) is 18.2 Å². The summed E-state index contributed by atoms with van der Waals surface area (Å²) in [5.41, 5.74) is 4.04. The number of hydrogen-bond donors (Lipinski definition) is 0. The van der Waals surface area contributed by atoms with Crippen molar-refractivity contribution in [2.24, 2.45) is 0 Å². The summed E-state index contributed by atoms with van der Waals surface area (Å²) in [4.78, 5) is 0.400. The summed E-state index contributed by atoms with van der Waals surface area (Å²) in [5.74, 6) is 0. The number of halogens is 1. The summed E-state index contributed by atoms with van der Waals surface area (Å²) in [7, 11) is 0. The largest absolute Gasteiger partial charge is 0.378 e. The van der Waals surface area contributed by atoms with Gasteiger partial charge < -0.3 is 9.47 Å². The first kappa shape index (κ1) is 11.7. The van der Waals surface area contributed by atoms with Gasteiger partial charge in [0.1, 0.15) is 0 Å². The van der Waals surface area contributed by atoms with E-state index in [9.17, 15) is 0 Å². The summed E-state index contributed by atoms with van der Waals surface area (Å²) >= 11 is 3.78. The van der Waals surface area contributed by atoms with Crippen LogP contribution >= 0.6 is 15.9 Å². The molecule has 2 aliphatic heterocycles. The Hall–Kier alpha value is -0.380. The van der Waals surface area contributed by atoms with Crippen LogP contribution in [0, 0.1) is 0 Å². The molecule has 1 aromatic carbocycles. The van der Waals surface area contributed by atoms with Gasteiger partial charge in [0, 0.05) is 11.4 Å². The topological polar surface area (TPSA) is 18.5 Å². The van der Waals surface area contributed by atoms with Crippen LogP contribution in [0.25, 0.3) is 0 Å². The van der Waals surface area contributed by atoms with Crippen molar-refractivity contribution in [3.8, 4) is 0 Å². The Morgan fingerprint density at radius 1 is 1.29 bits per heavy atom. The van der Waals surface area contributed by atoms with E-state index in [1.807, 2.05) is 0 Å². The number of fused-ring (bicyclic) bond motifs is 1. The minimum atomic E-state index is 0.400. The number of ether oxygens (including phenoxy) is 2. The molecular weight excluding hydrogens is 280 g/mol. The normalized spacial score (nSPS) is 24.9. The fourth-order valence-electron chi connectivity index (χ4n) is 2.58. The summed E-state index contributed by atoms with van der Waals surface area (Å²) in [5, 5.41) is 0. The van der Waals surface area contributed by atoms with E-state index in [0.717, 1.165) is 26.2 Å². The highest BCUT2D eigenvalue weighted by molar-refractivity contribution is 9.09. The predicted molar refractivity (Wildman–Crippen MR) is 70.2 cm³/mol. The lowest BCUT2D eigenvalue weighted by Crippen LogP contribution is -2.08. The zero-order valence-corrected chi connectivity index (χ0v) is 11.4. The van der Waals surface area contributed by atoms with Gasteiger partial charge >= 0.3 is 0 Å². The summed E-state index contributed by atoms with van der Waals surface area (Å²) in [6.07, 6.45) is 3.92. The van der Waals surface area contributed by atoms with Crippen LogP contribution in [0.2, 0.25) is 0 Å². The van der Waals surface area contributed by atoms with E-state index in [1.165, 1.54) is 29.5 Å². The molecule has 0 spiro atoms. The quantitative estimate of drug-likeness (QED) is 0.792. The molecule has 2 aliphatic rings. The lowest BCUT2D eigenvalue weighted by Gasteiger charge is -2.15. The first-order valence-electron chi connectivity index (χ1n) is 6.28. The molecular formula is C14H17BrO2. The lowest BCUT2D eigenvalue weighted by molar-refractivity contribution is 0.104. The van der Waals surface area contributed by atoms with Gasteiger partial charge in [-0.15, -0.1) is 0 Å². The van der Waals surface area contributed by atoms with Crippen molar-refractivity contribution in [1.29, 1.82) is 0 Å². The molecule has 1 aromatic rings. The predicted octanol–water partition coefficient (Wildman–Crippen LogP) is 3.72. The Balaban J connectivity index is 1.70. The van der Waals surface area contributed by atoms with E-state index in [0.29, 0.717) is 10.9 Å². The Kier molecular flexibility index (Phi) is 3.50. The fraction of sp³-hybridized carbons (Fsp3) is 0.571. The van der Waals surface area contributed by atoms with E-state index in [-0.39, 0.29) is 0 Å². The van der Waals surface area contributed by atoms with Gasteiger partial charge in [-0.1, -0.05) is 34.1 Å². The van der Waals surface area contributed by atoms with Gasteiger partial charge in [-0.3, -0.25) is 0 Å². The standard InChI is InChI=1S/C14H17BrO2/c15-14(7-13-2-1-5-17-13)10-3-4-11-8-16-9-12(11)6-10/h3-4,6,13-14H,1-2,5,7-9H2. The van der Waals surface area contributed by atoms with Crippen molar-refractivity contribution in [2.45, 2.75) is 43.4 Å². The van der Waals surface area contributed by atoms with Crippen molar-refractivity contribution >= 4 is 15.9 Å². The van der Waals surface area contributed by atoms with Crippen LogP contribution in [-0.2, 0) is 22.7 Å². The number of alkyl halides is 1. The first-order chi connectivity index (χ1) is 8.33. The maximum Gasteiger partial charge on any atom is 0.0725 e. The van der Waals surface area contributed by atoms with Crippen molar-refractivity contribution in [3.63, 3.8) is 0 Å². The lowest BCUT2D eigenvalue weighted by atomic mass is 10.0. The minimum Gasteiger partial charge on any atom is -0.378 e. The van der Waals surface area contributed by atoms with Crippen LogP contribution in [0.4, 0.5) is 0 Å². The van der Waals surface area contributed by atoms with Gasteiger partial charge in [-0.05, 0) is 36.0 Å². The molecule has 0 amide bonds. The summed E-state index contributed by atoms with van der Waals surface area (Å²) in [6.45, 7) is 2.47. The molecule has 0 N–H and O–H groups in total. The third-order valence-electron chi connectivity index (χ3n) is 3.60. The van der Waals surface area contributed by atoms with E-state index >= 15 is 0 Å². The van der Waals surface area contributed by atoms with Gasteiger partial charge in [0.05, 0.1) is 19.3 Å². The molecule has 2 heterocycles. The average molecular weight is 297 g/mol. The molecule has 2 atom stereocenters. The zero-order chi connectivity index (χ0) is 11.7. The molecule has 0 aliphatic carbocycles. The third kappa shape index (κ3) is 2.56. The van der Waals surface area contributed by atoms with Gasteiger partial charge in [-0.25, -0.2) is 0 Å².